The second-order valence-corrected chi connectivity index (χ2v) is 8.05. The van der Waals surface area contributed by atoms with E-state index in [1.54, 1.807) is 32.4 Å². The summed E-state index contributed by atoms with van der Waals surface area (Å²) < 4.78 is 11.1. The van der Waals surface area contributed by atoms with Crippen molar-refractivity contribution >= 4 is 46.0 Å². The molecule has 0 atom stereocenters. The third-order valence-electron chi connectivity index (χ3n) is 4.32. The van der Waals surface area contributed by atoms with Gasteiger partial charge in [-0.2, -0.15) is 0 Å². The molecule has 0 radical (unpaired) electrons. The molecule has 27 heavy (non-hydrogen) atoms. The third kappa shape index (κ3) is 4.01. The number of thioether (sulfide) groups is 1. The number of rotatable bonds is 5. The molecule has 1 saturated heterocycles. The number of amides is 1. The van der Waals surface area contributed by atoms with Gasteiger partial charge in [0.1, 0.15) is 11.5 Å². The van der Waals surface area contributed by atoms with Gasteiger partial charge in [-0.3, -0.25) is 9.69 Å². The zero-order valence-corrected chi connectivity index (χ0v) is 17.3. The lowest BCUT2D eigenvalue weighted by Crippen LogP contribution is -2.27. The monoisotopic (exact) mass is 399 g/mol. The molecule has 0 spiro atoms. The van der Waals surface area contributed by atoms with Gasteiger partial charge in [-0.15, -0.1) is 0 Å². The van der Waals surface area contributed by atoms with Crippen molar-refractivity contribution in [2.24, 2.45) is 0 Å². The Kier molecular flexibility index (Phi) is 5.87. The Morgan fingerprint density at radius 3 is 2.37 bits per heavy atom. The zero-order chi connectivity index (χ0) is 19.6. The highest BCUT2D eigenvalue weighted by Gasteiger charge is 2.35. The quantitative estimate of drug-likeness (QED) is 0.508. The van der Waals surface area contributed by atoms with Gasteiger partial charge >= 0.3 is 0 Å². The summed E-state index contributed by atoms with van der Waals surface area (Å²) in [5.74, 6) is 1.51. The van der Waals surface area contributed by atoms with E-state index in [2.05, 4.69) is 26.0 Å². The molecular weight excluding hydrogens is 378 g/mol. The van der Waals surface area contributed by atoms with E-state index in [0.717, 1.165) is 5.56 Å². The number of carbonyl (C=O) groups excluding carboxylic acids is 1. The first kappa shape index (κ1) is 19.5. The van der Waals surface area contributed by atoms with E-state index in [1.165, 1.54) is 22.2 Å². The van der Waals surface area contributed by atoms with Crippen molar-refractivity contribution in [3.63, 3.8) is 0 Å². The Balaban J connectivity index is 1.91. The molecule has 3 rings (SSSR count). The number of carbonyl (C=O) groups is 1. The van der Waals surface area contributed by atoms with Gasteiger partial charge in [0.15, 0.2) is 4.32 Å². The third-order valence-corrected chi connectivity index (χ3v) is 5.62. The van der Waals surface area contributed by atoms with Gasteiger partial charge in [-0.1, -0.05) is 62.1 Å². The van der Waals surface area contributed by atoms with Crippen LogP contribution < -0.4 is 14.4 Å². The molecule has 0 aliphatic carbocycles. The van der Waals surface area contributed by atoms with Crippen LogP contribution in [0.2, 0.25) is 0 Å². The summed E-state index contributed by atoms with van der Waals surface area (Å²) in [6.07, 6.45) is 1.87. The zero-order valence-electron chi connectivity index (χ0n) is 15.7. The van der Waals surface area contributed by atoms with E-state index in [-0.39, 0.29) is 5.91 Å². The largest absolute Gasteiger partial charge is 0.497 e. The molecule has 6 heteroatoms. The number of hydrogen-bond acceptors (Lipinski definition) is 5. The lowest BCUT2D eigenvalue weighted by Gasteiger charge is -2.18. The minimum atomic E-state index is -0.151. The number of hydrogen-bond donors (Lipinski definition) is 0. The van der Waals surface area contributed by atoms with Crippen LogP contribution in [0.1, 0.15) is 30.9 Å². The number of thiocarbonyl (C=S) groups is 1. The van der Waals surface area contributed by atoms with E-state index < -0.39 is 0 Å². The van der Waals surface area contributed by atoms with Crippen molar-refractivity contribution < 1.29 is 14.3 Å². The minimum Gasteiger partial charge on any atom is -0.497 e. The van der Waals surface area contributed by atoms with Crippen LogP contribution >= 0.6 is 24.0 Å². The summed E-state index contributed by atoms with van der Waals surface area (Å²) in [5.41, 5.74) is 2.85. The fourth-order valence-corrected chi connectivity index (χ4v) is 4.06. The van der Waals surface area contributed by atoms with Crippen molar-refractivity contribution in [2.75, 3.05) is 19.1 Å². The molecule has 0 aromatic heterocycles. The van der Waals surface area contributed by atoms with Gasteiger partial charge in [-0.05, 0) is 35.3 Å². The lowest BCUT2D eigenvalue weighted by atomic mass is 10.0. The van der Waals surface area contributed by atoms with Gasteiger partial charge in [0.2, 0.25) is 0 Å². The van der Waals surface area contributed by atoms with E-state index in [1.807, 2.05) is 18.2 Å². The average Bonchev–Trinajstić information content (AvgIpc) is 2.94. The molecule has 4 nitrogen and oxygen atoms in total. The van der Waals surface area contributed by atoms with Gasteiger partial charge in [0.05, 0.1) is 24.8 Å². The highest BCUT2D eigenvalue weighted by molar-refractivity contribution is 8.27. The maximum Gasteiger partial charge on any atom is 0.270 e. The Morgan fingerprint density at radius 1 is 1.07 bits per heavy atom. The maximum absolute atomic E-state index is 13.0. The highest BCUT2D eigenvalue weighted by atomic mass is 32.2. The van der Waals surface area contributed by atoms with E-state index in [0.29, 0.717) is 32.3 Å². The first-order chi connectivity index (χ1) is 12.9. The van der Waals surface area contributed by atoms with E-state index in [9.17, 15) is 4.79 Å². The molecule has 1 amide bonds. The van der Waals surface area contributed by atoms with Crippen molar-refractivity contribution in [3.8, 4) is 11.5 Å². The normalized spacial score (nSPS) is 15.7. The van der Waals surface area contributed by atoms with Crippen LogP contribution in [-0.2, 0) is 4.79 Å². The van der Waals surface area contributed by atoms with Gasteiger partial charge in [0, 0.05) is 6.07 Å². The molecule has 0 unspecified atom stereocenters. The molecule has 2 aromatic rings. The summed E-state index contributed by atoms with van der Waals surface area (Å²) in [4.78, 5) is 15.1. The summed E-state index contributed by atoms with van der Waals surface area (Å²) in [6.45, 7) is 4.31. The van der Waals surface area contributed by atoms with E-state index >= 15 is 0 Å². The molecule has 2 aromatic carbocycles. The minimum absolute atomic E-state index is 0.151. The molecule has 1 aliphatic rings. The summed E-state index contributed by atoms with van der Waals surface area (Å²) in [6, 6.07) is 13.5. The number of nitrogens with zero attached hydrogens (tertiary/aromatic N) is 1. The smallest absolute Gasteiger partial charge is 0.270 e. The number of methoxy groups -OCH3 is 2. The molecule has 0 saturated carbocycles. The van der Waals surface area contributed by atoms with Crippen LogP contribution in [0, 0.1) is 0 Å². The number of ether oxygens (including phenoxy) is 2. The highest BCUT2D eigenvalue weighted by Crippen LogP contribution is 2.41. The van der Waals surface area contributed by atoms with Crippen LogP contribution in [0.5, 0.6) is 11.5 Å². The fraction of sp³-hybridized carbons (Fsp3) is 0.238. The van der Waals surface area contributed by atoms with Gasteiger partial charge in [0.25, 0.3) is 5.91 Å². The fourth-order valence-electron chi connectivity index (χ4n) is 2.77. The van der Waals surface area contributed by atoms with Crippen LogP contribution in [0.15, 0.2) is 47.4 Å². The van der Waals surface area contributed by atoms with Crippen LogP contribution in [0.3, 0.4) is 0 Å². The van der Waals surface area contributed by atoms with Gasteiger partial charge < -0.3 is 9.47 Å². The van der Waals surface area contributed by atoms with E-state index in [4.69, 9.17) is 21.7 Å². The van der Waals surface area contributed by atoms with Gasteiger partial charge in [-0.25, -0.2) is 0 Å². The van der Waals surface area contributed by atoms with Crippen molar-refractivity contribution in [1.29, 1.82) is 0 Å². The number of benzene rings is 2. The first-order valence-corrected chi connectivity index (χ1v) is 9.77. The molecule has 1 heterocycles. The molecular formula is C21H21NO3S2. The topological polar surface area (TPSA) is 38.8 Å². The van der Waals surface area contributed by atoms with Crippen LogP contribution in [0.25, 0.3) is 6.08 Å². The molecule has 0 bridgehead atoms. The summed E-state index contributed by atoms with van der Waals surface area (Å²) in [7, 11) is 3.14. The summed E-state index contributed by atoms with van der Waals surface area (Å²) in [5, 5.41) is 0. The second-order valence-electron chi connectivity index (χ2n) is 6.38. The Labute approximate surface area is 169 Å². The van der Waals surface area contributed by atoms with Crippen molar-refractivity contribution in [2.45, 2.75) is 19.8 Å². The second kappa shape index (κ2) is 8.15. The summed E-state index contributed by atoms with van der Waals surface area (Å²) >= 11 is 6.75. The van der Waals surface area contributed by atoms with Crippen LogP contribution in [-0.4, -0.2) is 24.4 Å². The van der Waals surface area contributed by atoms with Crippen molar-refractivity contribution in [3.05, 3.63) is 58.5 Å². The average molecular weight is 400 g/mol. The Morgan fingerprint density at radius 2 is 1.78 bits per heavy atom. The lowest BCUT2D eigenvalue weighted by molar-refractivity contribution is -0.113. The SMILES string of the molecule is COc1ccc(N2C(=O)C(=Cc3ccc(C(C)C)cc3)SC2=S)c(OC)c1. The molecule has 1 fully saturated rings. The first-order valence-electron chi connectivity index (χ1n) is 8.54. The predicted octanol–water partition coefficient (Wildman–Crippen LogP) is 5.23. The van der Waals surface area contributed by atoms with Crippen molar-refractivity contribution in [1.82, 2.24) is 0 Å². The molecule has 1 aliphatic heterocycles. The van der Waals surface area contributed by atoms with Crippen LogP contribution in [0.4, 0.5) is 5.69 Å². The predicted molar refractivity (Wildman–Crippen MR) is 116 cm³/mol. The molecule has 140 valence electrons. The standard InChI is InChI=1S/C21H21NO3S2/c1-13(2)15-7-5-14(6-8-15)11-19-20(23)22(21(26)27-19)17-10-9-16(24-3)12-18(17)25-4/h5-13H,1-4H3. The number of anilines is 1. The Hall–Kier alpha value is -2.31. The Bertz CT molecular complexity index is 904. The molecule has 0 N–H and O–H groups in total. The maximum atomic E-state index is 13.0.